The first-order chi connectivity index (χ1) is 8.43. The number of thiophene rings is 1. The van der Waals surface area contributed by atoms with Crippen molar-refractivity contribution in [3.8, 4) is 0 Å². The predicted molar refractivity (Wildman–Crippen MR) is 81.9 cm³/mol. The van der Waals surface area contributed by atoms with E-state index in [1.54, 1.807) is 6.26 Å². The maximum Gasteiger partial charge on any atom is 0.108 e. The van der Waals surface area contributed by atoms with Crippen LogP contribution in [-0.2, 0) is 11.8 Å². The molecule has 0 aliphatic carbocycles. The maximum absolute atomic E-state index is 5.51. The van der Waals surface area contributed by atoms with E-state index < -0.39 is 0 Å². The number of hydrogen-bond donors (Lipinski definition) is 0. The van der Waals surface area contributed by atoms with Gasteiger partial charge in [0, 0.05) is 21.7 Å². The van der Waals surface area contributed by atoms with Crippen molar-refractivity contribution in [2.24, 2.45) is 0 Å². The minimum absolute atomic E-state index is 0.222. The Kier molecular flexibility index (Phi) is 4.02. The Morgan fingerprint density at radius 3 is 2.56 bits per heavy atom. The lowest BCUT2D eigenvalue weighted by molar-refractivity contribution is 0.512. The van der Waals surface area contributed by atoms with Gasteiger partial charge in [-0.1, -0.05) is 43.6 Å². The molecule has 0 aliphatic heterocycles. The molecule has 2 aromatic rings. The molecular weight excluding hydrogens is 308 g/mol. The lowest BCUT2D eigenvalue weighted by Crippen LogP contribution is -2.07. The van der Waals surface area contributed by atoms with Crippen molar-refractivity contribution in [3.63, 3.8) is 0 Å². The van der Waals surface area contributed by atoms with E-state index in [2.05, 4.69) is 61.8 Å². The number of hydrogen-bond acceptors (Lipinski definition) is 2. The summed E-state index contributed by atoms with van der Waals surface area (Å²) in [6.07, 6.45) is 2.71. The summed E-state index contributed by atoms with van der Waals surface area (Å²) in [6, 6.07) is 6.52. The maximum atomic E-state index is 5.51. The average molecular weight is 327 g/mol. The minimum atomic E-state index is 0.222. The molecule has 0 radical (unpaired) electrons. The third kappa shape index (κ3) is 2.72. The number of alkyl halides is 1. The van der Waals surface area contributed by atoms with E-state index in [0.717, 1.165) is 12.2 Å². The molecule has 0 bridgehead atoms. The van der Waals surface area contributed by atoms with Crippen molar-refractivity contribution in [1.82, 2.24) is 0 Å². The topological polar surface area (TPSA) is 13.1 Å². The molecule has 0 saturated carbocycles. The lowest BCUT2D eigenvalue weighted by Gasteiger charge is -2.15. The largest absolute Gasteiger partial charge is 0.469 e. The summed E-state index contributed by atoms with van der Waals surface area (Å²) in [4.78, 5) is 3.01. The molecule has 3 heteroatoms. The normalized spacial score (nSPS) is 13.8. The Morgan fingerprint density at radius 1 is 1.28 bits per heavy atom. The highest BCUT2D eigenvalue weighted by Gasteiger charge is 2.21. The van der Waals surface area contributed by atoms with E-state index in [0.29, 0.717) is 0 Å². The molecule has 2 aromatic heterocycles. The minimum Gasteiger partial charge on any atom is -0.469 e. The van der Waals surface area contributed by atoms with Gasteiger partial charge >= 0.3 is 0 Å². The molecule has 0 fully saturated rings. The number of furan rings is 1. The molecule has 0 spiro atoms. The van der Waals surface area contributed by atoms with Gasteiger partial charge in [-0.2, -0.15) is 0 Å². The van der Waals surface area contributed by atoms with Crippen molar-refractivity contribution in [1.29, 1.82) is 0 Å². The molecule has 18 heavy (non-hydrogen) atoms. The molecule has 2 rings (SSSR count). The molecule has 0 aliphatic rings. The fourth-order valence-electron chi connectivity index (χ4n) is 1.91. The van der Waals surface area contributed by atoms with Crippen LogP contribution in [0.25, 0.3) is 0 Å². The third-order valence-electron chi connectivity index (χ3n) is 2.99. The van der Waals surface area contributed by atoms with Crippen LogP contribution in [0.4, 0.5) is 0 Å². The van der Waals surface area contributed by atoms with Gasteiger partial charge < -0.3 is 4.42 Å². The van der Waals surface area contributed by atoms with E-state index in [4.69, 9.17) is 4.42 Å². The van der Waals surface area contributed by atoms with Crippen molar-refractivity contribution in [3.05, 3.63) is 45.5 Å². The van der Waals surface area contributed by atoms with Gasteiger partial charge in [-0.3, -0.25) is 0 Å². The predicted octanol–water partition coefficient (Wildman–Crippen LogP) is 5.69. The summed E-state index contributed by atoms with van der Waals surface area (Å²) < 4.78 is 5.51. The fourth-order valence-corrected chi connectivity index (χ4v) is 3.81. The van der Waals surface area contributed by atoms with Gasteiger partial charge in [0.15, 0.2) is 0 Å². The average Bonchev–Trinajstić information content (AvgIpc) is 2.96. The van der Waals surface area contributed by atoms with Crippen LogP contribution in [0.2, 0.25) is 0 Å². The monoisotopic (exact) mass is 326 g/mol. The molecule has 0 amide bonds. The SMILES string of the molecule is CCc1occc1C(Br)c1ccc(C(C)(C)C)s1. The quantitative estimate of drug-likeness (QED) is 0.661. The zero-order valence-corrected chi connectivity index (χ0v) is 13.7. The van der Waals surface area contributed by atoms with Crippen LogP contribution >= 0.6 is 27.3 Å². The molecule has 2 heterocycles. The summed E-state index contributed by atoms with van der Waals surface area (Å²) in [5, 5.41) is 0. The molecular formula is C15H19BrOS. The van der Waals surface area contributed by atoms with Crippen LogP contribution in [0.3, 0.4) is 0 Å². The van der Waals surface area contributed by atoms with Gasteiger partial charge in [0.1, 0.15) is 5.76 Å². The lowest BCUT2D eigenvalue weighted by atomic mass is 9.95. The van der Waals surface area contributed by atoms with Crippen molar-refractivity contribution in [2.75, 3.05) is 0 Å². The van der Waals surface area contributed by atoms with E-state index in [1.165, 1.54) is 15.3 Å². The Morgan fingerprint density at radius 2 is 2.00 bits per heavy atom. The molecule has 1 unspecified atom stereocenters. The van der Waals surface area contributed by atoms with Crippen molar-refractivity contribution >= 4 is 27.3 Å². The fraction of sp³-hybridized carbons (Fsp3) is 0.467. The smallest absolute Gasteiger partial charge is 0.108 e. The Labute approximate surface area is 121 Å². The third-order valence-corrected chi connectivity index (χ3v) is 5.86. The first kappa shape index (κ1) is 13.9. The first-order valence-corrected chi connectivity index (χ1v) is 7.97. The summed E-state index contributed by atoms with van der Waals surface area (Å²) in [5.41, 5.74) is 1.47. The van der Waals surface area contributed by atoms with E-state index in [9.17, 15) is 0 Å². The highest BCUT2D eigenvalue weighted by molar-refractivity contribution is 9.09. The molecule has 1 atom stereocenters. The highest BCUT2D eigenvalue weighted by Crippen LogP contribution is 2.40. The Bertz CT molecular complexity index is 519. The van der Waals surface area contributed by atoms with Gasteiger partial charge in [0.2, 0.25) is 0 Å². The Balaban J connectivity index is 2.29. The van der Waals surface area contributed by atoms with Gasteiger partial charge in [-0.05, 0) is 23.6 Å². The van der Waals surface area contributed by atoms with Crippen LogP contribution in [0.5, 0.6) is 0 Å². The van der Waals surface area contributed by atoms with Crippen molar-refractivity contribution < 1.29 is 4.42 Å². The number of rotatable bonds is 3. The molecule has 0 N–H and O–H groups in total. The van der Waals surface area contributed by atoms with E-state index >= 15 is 0 Å². The van der Waals surface area contributed by atoms with Crippen LogP contribution in [-0.4, -0.2) is 0 Å². The summed E-state index contributed by atoms with van der Waals surface area (Å²) in [6.45, 7) is 8.88. The van der Waals surface area contributed by atoms with E-state index in [1.807, 2.05) is 11.3 Å². The second-order valence-corrected chi connectivity index (χ2v) is 7.50. The first-order valence-electron chi connectivity index (χ1n) is 6.24. The molecule has 98 valence electrons. The Hall–Kier alpha value is -0.540. The highest BCUT2D eigenvalue weighted by atomic mass is 79.9. The van der Waals surface area contributed by atoms with Crippen LogP contribution in [0.15, 0.2) is 28.9 Å². The zero-order valence-electron chi connectivity index (χ0n) is 11.3. The van der Waals surface area contributed by atoms with Gasteiger partial charge in [0.05, 0.1) is 11.1 Å². The van der Waals surface area contributed by atoms with Gasteiger partial charge in [0.25, 0.3) is 0 Å². The second-order valence-electron chi connectivity index (χ2n) is 5.47. The zero-order chi connectivity index (χ0) is 13.3. The molecule has 0 aromatic carbocycles. The van der Waals surface area contributed by atoms with Gasteiger partial charge in [-0.15, -0.1) is 11.3 Å². The number of halogens is 1. The molecule has 1 nitrogen and oxygen atoms in total. The summed E-state index contributed by atoms with van der Waals surface area (Å²) in [7, 11) is 0. The van der Waals surface area contributed by atoms with Crippen molar-refractivity contribution in [2.45, 2.75) is 44.4 Å². The van der Waals surface area contributed by atoms with Crippen LogP contribution < -0.4 is 0 Å². The standard InChI is InChI=1S/C15H19BrOS/c1-5-11-10(8-9-17-11)14(16)12-6-7-13(18-12)15(2,3)4/h6-9,14H,5H2,1-4H3. The van der Waals surface area contributed by atoms with Crippen LogP contribution in [0.1, 0.15) is 53.6 Å². The molecule has 0 saturated heterocycles. The van der Waals surface area contributed by atoms with Crippen LogP contribution in [0, 0.1) is 0 Å². The number of aryl methyl sites for hydroxylation is 1. The second kappa shape index (κ2) is 5.22. The van der Waals surface area contributed by atoms with Gasteiger partial charge in [-0.25, -0.2) is 0 Å². The van der Waals surface area contributed by atoms with E-state index in [-0.39, 0.29) is 10.2 Å². The summed E-state index contributed by atoms with van der Waals surface area (Å²) in [5.74, 6) is 1.07. The summed E-state index contributed by atoms with van der Waals surface area (Å²) >= 11 is 5.67.